The predicted molar refractivity (Wildman–Crippen MR) is 109 cm³/mol. The van der Waals surface area contributed by atoms with E-state index in [1.807, 2.05) is 36.4 Å². The van der Waals surface area contributed by atoms with Crippen LogP contribution in [-0.2, 0) is 6.42 Å². The highest BCUT2D eigenvalue weighted by Gasteiger charge is 2.31. The summed E-state index contributed by atoms with van der Waals surface area (Å²) in [4.78, 5) is 15.9. The second-order valence-corrected chi connectivity index (χ2v) is 7.48. The van der Waals surface area contributed by atoms with Gasteiger partial charge >= 0.3 is 0 Å². The Bertz CT molecular complexity index is 737. The number of carbonyl (C=O) groups is 1. The second-order valence-electron chi connectivity index (χ2n) is 7.48. The third-order valence-electron chi connectivity index (χ3n) is 5.77. The van der Waals surface area contributed by atoms with Crippen molar-refractivity contribution in [2.75, 3.05) is 6.54 Å². The third-order valence-corrected chi connectivity index (χ3v) is 5.77. The van der Waals surface area contributed by atoms with E-state index in [0.29, 0.717) is 12.1 Å². The first-order chi connectivity index (χ1) is 12.7. The lowest BCUT2D eigenvalue weighted by Crippen LogP contribution is -2.39. The summed E-state index contributed by atoms with van der Waals surface area (Å²) in [5.74, 6) is 0.162. The average molecular weight is 350 g/mol. The molecule has 2 unspecified atom stereocenters. The lowest BCUT2D eigenvalue weighted by Gasteiger charge is -2.40. The van der Waals surface area contributed by atoms with Crippen molar-refractivity contribution >= 4 is 5.78 Å². The van der Waals surface area contributed by atoms with E-state index in [1.54, 1.807) is 0 Å². The summed E-state index contributed by atoms with van der Waals surface area (Å²) in [5.41, 5.74) is 4.35. The average Bonchev–Trinajstić information content (AvgIpc) is 2.70. The Labute approximate surface area is 158 Å². The molecule has 26 heavy (non-hydrogen) atoms. The van der Waals surface area contributed by atoms with Crippen molar-refractivity contribution in [1.82, 2.24) is 4.90 Å². The van der Waals surface area contributed by atoms with E-state index < -0.39 is 0 Å². The Hall–Kier alpha value is -1.93. The number of hydrogen-bond donors (Lipinski definition) is 0. The highest BCUT2D eigenvalue weighted by atomic mass is 16.1. The topological polar surface area (TPSA) is 20.3 Å². The largest absolute Gasteiger partial charge is 0.294 e. The van der Waals surface area contributed by atoms with Crippen LogP contribution in [0.15, 0.2) is 48.5 Å². The summed E-state index contributed by atoms with van der Waals surface area (Å²) in [6.07, 6.45) is 5.72. The van der Waals surface area contributed by atoms with Gasteiger partial charge in [-0.1, -0.05) is 62.4 Å². The first kappa shape index (κ1) is 18.8. The fourth-order valence-corrected chi connectivity index (χ4v) is 4.31. The summed E-state index contributed by atoms with van der Waals surface area (Å²) < 4.78 is 0. The van der Waals surface area contributed by atoms with Gasteiger partial charge < -0.3 is 0 Å². The van der Waals surface area contributed by atoms with Gasteiger partial charge in [-0.25, -0.2) is 0 Å². The van der Waals surface area contributed by atoms with Gasteiger partial charge in [0.05, 0.1) is 0 Å². The van der Waals surface area contributed by atoms with Gasteiger partial charge in [0, 0.05) is 23.2 Å². The van der Waals surface area contributed by atoms with Gasteiger partial charge in [0.2, 0.25) is 0 Å². The molecule has 0 aromatic heterocycles. The Balaban J connectivity index is 2.06. The van der Waals surface area contributed by atoms with Gasteiger partial charge in [-0.15, -0.1) is 0 Å². The number of carbonyl (C=O) groups excluding carboxylic acids is 1. The zero-order valence-corrected chi connectivity index (χ0v) is 16.4. The lowest BCUT2D eigenvalue weighted by molar-refractivity contribution is 0.102. The van der Waals surface area contributed by atoms with Crippen LogP contribution in [0.1, 0.15) is 79.5 Å². The number of aryl methyl sites for hydroxylation is 1. The molecule has 2 nitrogen and oxygen atoms in total. The zero-order chi connectivity index (χ0) is 18.5. The number of nitrogens with zero attached hydrogens (tertiary/aromatic N) is 1. The Morgan fingerprint density at radius 3 is 2.58 bits per heavy atom. The van der Waals surface area contributed by atoms with Gasteiger partial charge in [-0.3, -0.25) is 9.69 Å². The van der Waals surface area contributed by atoms with Crippen LogP contribution >= 0.6 is 0 Å². The maximum atomic E-state index is 13.3. The standard InChI is InChI=1S/C24H31NO/c1-4-17-25(18(3)5-2)22-16-10-14-19-13-9-15-21(23(19)22)24(26)20-11-7-6-8-12-20/h6-9,11-13,15,18,22H,4-5,10,14,16-17H2,1-3H3. The normalized spacial score (nSPS) is 17.8. The predicted octanol–water partition coefficient (Wildman–Crippen LogP) is 5.81. The van der Waals surface area contributed by atoms with Crippen molar-refractivity contribution < 1.29 is 4.79 Å². The molecule has 2 heteroatoms. The molecule has 2 atom stereocenters. The van der Waals surface area contributed by atoms with Crippen LogP contribution in [0.3, 0.4) is 0 Å². The summed E-state index contributed by atoms with van der Waals surface area (Å²) in [6.45, 7) is 7.93. The number of rotatable bonds is 7. The molecule has 0 saturated heterocycles. The lowest BCUT2D eigenvalue weighted by atomic mass is 9.81. The molecule has 2 aromatic rings. The van der Waals surface area contributed by atoms with Crippen LogP contribution in [0.25, 0.3) is 0 Å². The number of ketones is 1. The van der Waals surface area contributed by atoms with Crippen molar-refractivity contribution in [3.63, 3.8) is 0 Å². The smallest absolute Gasteiger partial charge is 0.193 e. The molecule has 138 valence electrons. The molecule has 0 aliphatic heterocycles. The fourth-order valence-electron chi connectivity index (χ4n) is 4.31. The van der Waals surface area contributed by atoms with Crippen molar-refractivity contribution in [3.05, 3.63) is 70.8 Å². The highest BCUT2D eigenvalue weighted by Crippen LogP contribution is 2.38. The Kier molecular flexibility index (Phi) is 6.26. The molecule has 2 aromatic carbocycles. The number of fused-ring (bicyclic) bond motifs is 1. The van der Waals surface area contributed by atoms with Crippen LogP contribution in [0.4, 0.5) is 0 Å². The molecule has 0 radical (unpaired) electrons. The fraction of sp³-hybridized carbons (Fsp3) is 0.458. The molecule has 1 aliphatic carbocycles. The SMILES string of the molecule is CCCN(C(C)CC)C1CCCc2cccc(C(=O)c3ccccc3)c21. The molecule has 0 N–H and O–H groups in total. The van der Waals surface area contributed by atoms with Crippen molar-refractivity contribution in [3.8, 4) is 0 Å². The van der Waals surface area contributed by atoms with E-state index >= 15 is 0 Å². The molecule has 0 fully saturated rings. The molecule has 0 amide bonds. The Morgan fingerprint density at radius 2 is 1.88 bits per heavy atom. The van der Waals surface area contributed by atoms with Gasteiger partial charge in [0.25, 0.3) is 0 Å². The molecule has 0 heterocycles. The Morgan fingerprint density at radius 1 is 1.12 bits per heavy atom. The van der Waals surface area contributed by atoms with E-state index in [0.717, 1.165) is 43.4 Å². The van der Waals surface area contributed by atoms with E-state index in [9.17, 15) is 4.79 Å². The van der Waals surface area contributed by atoms with Crippen LogP contribution in [0.5, 0.6) is 0 Å². The van der Waals surface area contributed by atoms with Gasteiger partial charge in [-0.2, -0.15) is 0 Å². The van der Waals surface area contributed by atoms with E-state index in [-0.39, 0.29) is 5.78 Å². The van der Waals surface area contributed by atoms with Crippen molar-refractivity contribution in [2.24, 2.45) is 0 Å². The van der Waals surface area contributed by atoms with Crippen LogP contribution in [0.2, 0.25) is 0 Å². The summed E-state index contributed by atoms with van der Waals surface area (Å²) >= 11 is 0. The van der Waals surface area contributed by atoms with Gasteiger partial charge in [0.15, 0.2) is 5.78 Å². The molecule has 3 rings (SSSR count). The van der Waals surface area contributed by atoms with E-state index in [1.165, 1.54) is 17.5 Å². The molecule has 0 saturated carbocycles. The summed E-state index contributed by atoms with van der Waals surface area (Å²) in [5, 5.41) is 0. The molecule has 0 bridgehead atoms. The number of benzene rings is 2. The molecule has 1 aliphatic rings. The minimum Gasteiger partial charge on any atom is -0.294 e. The second kappa shape index (κ2) is 8.64. The number of hydrogen-bond acceptors (Lipinski definition) is 2. The minimum atomic E-state index is 0.162. The van der Waals surface area contributed by atoms with Crippen molar-refractivity contribution in [1.29, 1.82) is 0 Å². The zero-order valence-electron chi connectivity index (χ0n) is 16.4. The molecular formula is C24H31NO. The van der Waals surface area contributed by atoms with Crippen molar-refractivity contribution in [2.45, 2.75) is 65.0 Å². The quantitative estimate of drug-likeness (QED) is 0.588. The summed E-state index contributed by atoms with van der Waals surface area (Å²) in [6, 6.07) is 16.9. The first-order valence-corrected chi connectivity index (χ1v) is 10.1. The minimum absolute atomic E-state index is 0.162. The van der Waals surface area contributed by atoms with E-state index in [2.05, 4.69) is 37.8 Å². The maximum absolute atomic E-state index is 13.3. The van der Waals surface area contributed by atoms with E-state index in [4.69, 9.17) is 0 Å². The first-order valence-electron chi connectivity index (χ1n) is 10.1. The monoisotopic (exact) mass is 349 g/mol. The summed E-state index contributed by atoms with van der Waals surface area (Å²) in [7, 11) is 0. The highest BCUT2D eigenvalue weighted by molar-refractivity contribution is 6.10. The van der Waals surface area contributed by atoms with Gasteiger partial charge in [-0.05, 0) is 56.7 Å². The third kappa shape index (κ3) is 3.76. The van der Waals surface area contributed by atoms with Crippen LogP contribution in [0, 0.1) is 0 Å². The van der Waals surface area contributed by atoms with Crippen LogP contribution in [-0.4, -0.2) is 23.3 Å². The van der Waals surface area contributed by atoms with Gasteiger partial charge in [0.1, 0.15) is 0 Å². The maximum Gasteiger partial charge on any atom is 0.193 e. The van der Waals surface area contributed by atoms with Crippen LogP contribution < -0.4 is 0 Å². The molecular weight excluding hydrogens is 318 g/mol. The molecule has 0 spiro atoms.